The topological polar surface area (TPSA) is 84.5 Å². The number of para-hydroxylation sites is 1. The van der Waals surface area contributed by atoms with Crippen molar-refractivity contribution in [2.75, 3.05) is 18.4 Å². The normalized spacial score (nSPS) is 11.0. The Balaban J connectivity index is 2.39. The number of methoxy groups -OCH3 is 1. The molecule has 0 saturated carbocycles. The zero-order chi connectivity index (χ0) is 18.4. The molecule has 0 atom stereocenters. The Morgan fingerprint density at radius 2 is 1.92 bits per heavy atom. The molecule has 0 radical (unpaired) electrons. The summed E-state index contributed by atoms with van der Waals surface area (Å²) in [5.74, 6) is -1.11. The van der Waals surface area contributed by atoms with Crippen LogP contribution in [0.25, 0.3) is 0 Å². The van der Waals surface area contributed by atoms with Gasteiger partial charge in [-0.25, -0.2) is 12.8 Å². The average molecular weight is 366 g/mol. The van der Waals surface area contributed by atoms with Gasteiger partial charge in [0.15, 0.2) is 0 Å². The van der Waals surface area contributed by atoms with Crippen molar-refractivity contribution in [2.24, 2.45) is 0 Å². The lowest BCUT2D eigenvalue weighted by atomic mass is 10.1. The van der Waals surface area contributed by atoms with Crippen molar-refractivity contribution >= 4 is 21.6 Å². The SMILES string of the molecule is CCCNC(=O)c1ccccc1NS(=O)(=O)c1cc(F)ccc1OC. The van der Waals surface area contributed by atoms with Crippen LogP contribution in [0.15, 0.2) is 47.4 Å². The fourth-order valence-electron chi connectivity index (χ4n) is 2.16. The van der Waals surface area contributed by atoms with E-state index in [1.807, 2.05) is 6.92 Å². The summed E-state index contributed by atoms with van der Waals surface area (Å²) in [7, 11) is -2.86. The fraction of sp³-hybridized carbons (Fsp3) is 0.235. The molecular formula is C17H19FN2O4S. The molecule has 0 aliphatic rings. The van der Waals surface area contributed by atoms with E-state index >= 15 is 0 Å². The number of ether oxygens (including phenoxy) is 1. The number of hydrogen-bond donors (Lipinski definition) is 2. The van der Waals surface area contributed by atoms with Crippen molar-refractivity contribution < 1.29 is 22.3 Å². The highest BCUT2D eigenvalue weighted by atomic mass is 32.2. The Labute approximate surface area is 146 Å². The number of anilines is 1. The second kappa shape index (κ2) is 7.98. The lowest BCUT2D eigenvalue weighted by Crippen LogP contribution is -2.26. The maximum absolute atomic E-state index is 13.5. The van der Waals surface area contributed by atoms with Crippen LogP contribution in [-0.2, 0) is 10.0 Å². The van der Waals surface area contributed by atoms with E-state index in [0.717, 1.165) is 18.6 Å². The average Bonchev–Trinajstić information content (AvgIpc) is 2.59. The van der Waals surface area contributed by atoms with Crippen molar-refractivity contribution in [3.05, 3.63) is 53.8 Å². The van der Waals surface area contributed by atoms with E-state index in [4.69, 9.17) is 4.74 Å². The summed E-state index contributed by atoms with van der Waals surface area (Å²) < 4.78 is 46.1. The molecule has 8 heteroatoms. The van der Waals surface area contributed by atoms with Gasteiger partial charge in [0.05, 0.1) is 18.4 Å². The molecule has 2 rings (SSSR count). The molecule has 0 aliphatic heterocycles. The zero-order valence-electron chi connectivity index (χ0n) is 13.9. The summed E-state index contributed by atoms with van der Waals surface area (Å²) in [5.41, 5.74) is 0.275. The number of rotatable bonds is 7. The summed E-state index contributed by atoms with van der Waals surface area (Å²) in [6.07, 6.45) is 0.750. The van der Waals surface area contributed by atoms with Crippen LogP contribution < -0.4 is 14.8 Å². The van der Waals surface area contributed by atoms with Gasteiger partial charge >= 0.3 is 0 Å². The smallest absolute Gasteiger partial charge is 0.265 e. The number of benzene rings is 2. The molecule has 25 heavy (non-hydrogen) atoms. The van der Waals surface area contributed by atoms with Crippen molar-refractivity contribution in [1.82, 2.24) is 5.32 Å². The maximum Gasteiger partial charge on any atom is 0.265 e. The molecule has 0 aromatic heterocycles. The number of carbonyl (C=O) groups is 1. The molecule has 0 bridgehead atoms. The Hall–Kier alpha value is -2.61. The number of halogens is 1. The standard InChI is InChI=1S/C17H19FN2O4S/c1-3-10-19-17(21)13-6-4-5-7-14(13)20-25(22,23)16-11-12(18)8-9-15(16)24-2/h4-9,11,20H,3,10H2,1-2H3,(H,19,21). The van der Waals surface area contributed by atoms with Crippen molar-refractivity contribution in [3.63, 3.8) is 0 Å². The highest BCUT2D eigenvalue weighted by Crippen LogP contribution is 2.27. The number of carbonyl (C=O) groups excluding carboxylic acids is 1. The molecule has 1 amide bonds. The van der Waals surface area contributed by atoms with Crippen LogP contribution in [0.1, 0.15) is 23.7 Å². The quantitative estimate of drug-likeness (QED) is 0.789. The lowest BCUT2D eigenvalue weighted by Gasteiger charge is -2.14. The van der Waals surface area contributed by atoms with Crippen LogP contribution in [0.2, 0.25) is 0 Å². The molecule has 0 fully saturated rings. The van der Waals surface area contributed by atoms with E-state index < -0.39 is 21.7 Å². The molecule has 0 unspecified atom stereocenters. The highest BCUT2D eigenvalue weighted by Gasteiger charge is 2.22. The molecule has 134 valence electrons. The van der Waals surface area contributed by atoms with Gasteiger partial charge in [-0.1, -0.05) is 19.1 Å². The van der Waals surface area contributed by atoms with Gasteiger partial charge in [-0.05, 0) is 36.8 Å². The molecule has 2 aromatic carbocycles. The molecule has 0 saturated heterocycles. The van der Waals surface area contributed by atoms with E-state index in [-0.39, 0.29) is 21.9 Å². The van der Waals surface area contributed by atoms with Crippen LogP contribution in [0.5, 0.6) is 5.75 Å². The van der Waals surface area contributed by atoms with Crippen molar-refractivity contribution in [3.8, 4) is 5.75 Å². The monoisotopic (exact) mass is 366 g/mol. The van der Waals surface area contributed by atoms with Crippen LogP contribution >= 0.6 is 0 Å². The van der Waals surface area contributed by atoms with E-state index in [9.17, 15) is 17.6 Å². The van der Waals surface area contributed by atoms with Crippen LogP contribution in [0, 0.1) is 5.82 Å². The van der Waals surface area contributed by atoms with Crippen LogP contribution in [-0.4, -0.2) is 28.0 Å². The van der Waals surface area contributed by atoms with Gasteiger partial charge in [0, 0.05) is 6.54 Å². The molecular weight excluding hydrogens is 347 g/mol. The van der Waals surface area contributed by atoms with Crippen molar-refractivity contribution in [1.29, 1.82) is 0 Å². The highest BCUT2D eigenvalue weighted by molar-refractivity contribution is 7.92. The third-order valence-corrected chi connectivity index (χ3v) is 4.75. The fourth-order valence-corrected chi connectivity index (χ4v) is 3.43. The van der Waals surface area contributed by atoms with Crippen LogP contribution in [0.4, 0.5) is 10.1 Å². The minimum atomic E-state index is -4.15. The Kier molecular flexibility index (Phi) is 5.97. The van der Waals surface area contributed by atoms with Gasteiger partial charge in [0.1, 0.15) is 16.5 Å². The lowest BCUT2D eigenvalue weighted by molar-refractivity contribution is 0.0954. The molecule has 6 nitrogen and oxygen atoms in total. The molecule has 2 aromatic rings. The first-order chi connectivity index (χ1) is 11.9. The largest absolute Gasteiger partial charge is 0.495 e. The molecule has 2 N–H and O–H groups in total. The predicted octanol–water partition coefficient (Wildman–Crippen LogP) is 2.77. The summed E-state index contributed by atoms with van der Waals surface area (Å²) >= 11 is 0. The predicted molar refractivity (Wildman–Crippen MR) is 92.8 cm³/mol. The minimum absolute atomic E-state index is 0.00168. The van der Waals surface area contributed by atoms with Gasteiger partial charge in [-0.15, -0.1) is 0 Å². The van der Waals surface area contributed by atoms with E-state index in [1.165, 1.54) is 25.3 Å². The summed E-state index contributed by atoms with van der Waals surface area (Å²) in [6, 6.07) is 9.38. The Morgan fingerprint density at radius 1 is 1.20 bits per heavy atom. The first kappa shape index (κ1) is 18.7. The summed E-state index contributed by atoms with van der Waals surface area (Å²) in [6.45, 7) is 2.38. The molecule has 0 heterocycles. The van der Waals surface area contributed by atoms with Gasteiger partial charge in [0.2, 0.25) is 0 Å². The first-order valence-corrected chi connectivity index (χ1v) is 9.11. The first-order valence-electron chi connectivity index (χ1n) is 7.62. The molecule has 0 spiro atoms. The van der Waals surface area contributed by atoms with Gasteiger partial charge in [0.25, 0.3) is 15.9 Å². The van der Waals surface area contributed by atoms with Gasteiger partial charge in [-0.2, -0.15) is 0 Å². The number of amides is 1. The second-order valence-electron chi connectivity index (χ2n) is 5.20. The number of sulfonamides is 1. The van der Waals surface area contributed by atoms with Crippen molar-refractivity contribution in [2.45, 2.75) is 18.2 Å². The zero-order valence-corrected chi connectivity index (χ0v) is 14.7. The van der Waals surface area contributed by atoms with E-state index in [0.29, 0.717) is 6.54 Å². The van der Waals surface area contributed by atoms with Crippen LogP contribution in [0.3, 0.4) is 0 Å². The number of hydrogen-bond acceptors (Lipinski definition) is 4. The summed E-state index contributed by atoms with van der Waals surface area (Å²) in [5, 5.41) is 2.69. The third kappa shape index (κ3) is 4.48. The van der Waals surface area contributed by atoms with E-state index in [2.05, 4.69) is 10.0 Å². The van der Waals surface area contributed by atoms with E-state index in [1.54, 1.807) is 12.1 Å². The number of nitrogens with one attached hydrogen (secondary N) is 2. The summed E-state index contributed by atoms with van der Waals surface area (Å²) in [4.78, 5) is 11.8. The molecule has 0 aliphatic carbocycles. The minimum Gasteiger partial charge on any atom is -0.495 e. The maximum atomic E-state index is 13.5. The third-order valence-electron chi connectivity index (χ3n) is 3.37. The van der Waals surface area contributed by atoms with Gasteiger partial charge in [-0.3, -0.25) is 9.52 Å². The van der Waals surface area contributed by atoms with Gasteiger partial charge < -0.3 is 10.1 Å². The Bertz CT molecular complexity index is 869. The Morgan fingerprint density at radius 3 is 2.60 bits per heavy atom. The second-order valence-corrected chi connectivity index (χ2v) is 6.85.